The van der Waals surface area contributed by atoms with E-state index < -0.39 is 0 Å². The zero-order valence-electron chi connectivity index (χ0n) is 3.41. The van der Waals surface area contributed by atoms with Crippen LogP contribution in [0.2, 0.25) is 0 Å². The van der Waals surface area contributed by atoms with Gasteiger partial charge in [-0.15, -0.1) is 17.7 Å². The number of hydrogen-bond acceptors (Lipinski definition) is 0. The molecule has 0 spiro atoms. The van der Waals surface area contributed by atoms with Gasteiger partial charge in [-0.3, -0.25) is 0 Å². The third-order valence-corrected chi connectivity index (χ3v) is 2.34. The van der Waals surface area contributed by atoms with Crippen LogP contribution >= 0.6 is 17.7 Å². The lowest BCUT2D eigenvalue weighted by molar-refractivity contribution is 1.14. The Hall–Kier alpha value is 0.340. The summed E-state index contributed by atoms with van der Waals surface area (Å²) >= 11 is 0. The molecular weight excluding hydrogens is 110 g/mol. The summed E-state index contributed by atoms with van der Waals surface area (Å²) in [5.41, 5.74) is 0. The molecule has 1 fully saturated rings. The van der Waals surface area contributed by atoms with Gasteiger partial charge in [0.05, 0.1) is 0 Å². The van der Waals surface area contributed by atoms with Gasteiger partial charge >= 0.3 is 0 Å². The summed E-state index contributed by atoms with van der Waals surface area (Å²) in [4.78, 5) is 0. The maximum absolute atomic E-state index is 3.40. The van der Waals surface area contributed by atoms with Crippen LogP contribution in [0.25, 0.3) is 0 Å². The fourth-order valence-electron chi connectivity index (χ4n) is 0.375. The standard InChI is InChI=1S/C4H6P2/c5-3-1-2-4(3)6/h5-6H,1-2H2. The van der Waals surface area contributed by atoms with Gasteiger partial charge in [-0.05, 0) is 23.4 Å². The molecule has 6 heavy (non-hydrogen) atoms. The Bertz CT molecular complexity index is 90.1. The van der Waals surface area contributed by atoms with Crippen LogP contribution < -0.4 is 0 Å². The predicted molar refractivity (Wildman–Crippen MR) is 35.9 cm³/mol. The Morgan fingerprint density at radius 2 is 1.33 bits per heavy atom. The maximum atomic E-state index is 3.40. The molecule has 0 bridgehead atoms. The van der Waals surface area contributed by atoms with Gasteiger partial charge in [-0.2, -0.15) is 0 Å². The second kappa shape index (κ2) is 1.45. The molecule has 0 heterocycles. The molecule has 0 N–H and O–H groups in total. The summed E-state index contributed by atoms with van der Waals surface area (Å²) in [7, 11) is 6.80. The van der Waals surface area contributed by atoms with Gasteiger partial charge in [0.25, 0.3) is 0 Å². The molecule has 0 aromatic carbocycles. The highest BCUT2D eigenvalue weighted by atomic mass is 31.0. The van der Waals surface area contributed by atoms with Crippen LogP contribution in [0.5, 0.6) is 0 Å². The molecular formula is C4H6P2. The van der Waals surface area contributed by atoms with Crippen molar-refractivity contribution in [3.05, 3.63) is 0 Å². The van der Waals surface area contributed by atoms with E-state index in [1.165, 1.54) is 23.4 Å². The van der Waals surface area contributed by atoms with E-state index in [4.69, 9.17) is 0 Å². The molecule has 1 saturated carbocycles. The zero-order chi connectivity index (χ0) is 4.57. The van der Waals surface area contributed by atoms with Gasteiger partial charge in [-0.25, -0.2) is 0 Å². The molecule has 0 aromatic rings. The first-order valence-corrected chi connectivity index (χ1v) is 2.96. The van der Waals surface area contributed by atoms with E-state index in [1.807, 2.05) is 0 Å². The topological polar surface area (TPSA) is 0 Å². The van der Waals surface area contributed by atoms with Crippen molar-refractivity contribution in [2.24, 2.45) is 0 Å². The first kappa shape index (κ1) is 4.50. The second-order valence-electron chi connectivity index (χ2n) is 1.46. The Morgan fingerprint density at radius 3 is 1.33 bits per heavy atom. The number of hydrogen-bond donors (Lipinski definition) is 0. The summed E-state index contributed by atoms with van der Waals surface area (Å²) in [5, 5.41) is 2.65. The molecule has 0 unspecified atom stereocenters. The van der Waals surface area contributed by atoms with Gasteiger partial charge in [0.15, 0.2) is 0 Å². The molecule has 0 saturated heterocycles. The van der Waals surface area contributed by atoms with Crippen molar-refractivity contribution >= 4 is 28.3 Å². The lowest BCUT2D eigenvalue weighted by Gasteiger charge is -2.15. The summed E-state index contributed by atoms with van der Waals surface area (Å²) in [6.45, 7) is 0. The third kappa shape index (κ3) is 0.555. The Balaban J connectivity index is 2.61. The fraction of sp³-hybridized carbons (Fsp3) is 0.500. The first-order chi connectivity index (χ1) is 2.80. The molecule has 0 aromatic heterocycles. The van der Waals surface area contributed by atoms with Crippen LogP contribution in [0.4, 0.5) is 0 Å². The fourth-order valence-corrected chi connectivity index (χ4v) is 0.875. The van der Waals surface area contributed by atoms with E-state index in [-0.39, 0.29) is 0 Å². The molecule has 1 rings (SSSR count). The van der Waals surface area contributed by atoms with Gasteiger partial charge in [0, 0.05) is 0 Å². The SMILES string of the molecule is P=C1CCC1=P. The third-order valence-electron chi connectivity index (χ3n) is 0.989. The second-order valence-corrected chi connectivity index (χ2v) is 2.66. The van der Waals surface area contributed by atoms with E-state index in [9.17, 15) is 0 Å². The van der Waals surface area contributed by atoms with Crippen molar-refractivity contribution in [2.75, 3.05) is 0 Å². The zero-order valence-corrected chi connectivity index (χ0v) is 5.41. The van der Waals surface area contributed by atoms with E-state index in [1.54, 1.807) is 0 Å². The lowest BCUT2D eigenvalue weighted by atomic mass is 10.0. The molecule has 1 aliphatic carbocycles. The molecule has 0 nitrogen and oxygen atoms in total. The molecule has 1 aliphatic rings. The number of rotatable bonds is 0. The van der Waals surface area contributed by atoms with Crippen LogP contribution in [0, 0.1) is 0 Å². The van der Waals surface area contributed by atoms with E-state index in [2.05, 4.69) is 17.7 Å². The molecule has 2 heteroatoms. The largest absolute Gasteiger partial charge is 0.118 e. The first-order valence-electron chi connectivity index (χ1n) is 1.96. The minimum atomic E-state index is 1.22. The molecule has 0 atom stereocenters. The smallest absolute Gasteiger partial charge is 0.0191 e. The Morgan fingerprint density at radius 1 is 1.00 bits per heavy atom. The van der Waals surface area contributed by atoms with Crippen LogP contribution in [-0.4, -0.2) is 10.6 Å². The van der Waals surface area contributed by atoms with Gasteiger partial charge in [0.2, 0.25) is 0 Å². The van der Waals surface area contributed by atoms with Gasteiger partial charge in [-0.1, -0.05) is 0 Å². The Labute approximate surface area is 42.0 Å². The summed E-state index contributed by atoms with van der Waals surface area (Å²) in [6.07, 6.45) is 2.44. The lowest BCUT2D eigenvalue weighted by Crippen LogP contribution is -2.19. The normalized spacial score (nSPS) is 20.7. The van der Waals surface area contributed by atoms with E-state index in [0.29, 0.717) is 0 Å². The highest BCUT2D eigenvalue weighted by molar-refractivity contribution is 7.37. The van der Waals surface area contributed by atoms with Crippen LogP contribution in [0.3, 0.4) is 0 Å². The minimum absolute atomic E-state index is 1.22. The summed E-state index contributed by atoms with van der Waals surface area (Å²) < 4.78 is 0. The quantitative estimate of drug-likeness (QED) is 0.420. The highest BCUT2D eigenvalue weighted by Gasteiger charge is 2.10. The van der Waals surface area contributed by atoms with Crippen LogP contribution in [-0.2, 0) is 0 Å². The van der Waals surface area contributed by atoms with Crippen LogP contribution in [0.15, 0.2) is 0 Å². The van der Waals surface area contributed by atoms with E-state index >= 15 is 0 Å². The molecule has 0 aliphatic heterocycles. The minimum Gasteiger partial charge on any atom is -0.118 e. The highest BCUT2D eigenvalue weighted by Crippen LogP contribution is 2.13. The summed E-state index contributed by atoms with van der Waals surface area (Å²) in [5.74, 6) is 0. The van der Waals surface area contributed by atoms with Gasteiger partial charge < -0.3 is 0 Å². The van der Waals surface area contributed by atoms with Crippen molar-refractivity contribution in [3.8, 4) is 0 Å². The van der Waals surface area contributed by atoms with Crippen LogP contribution in [0.1, 0.15) is 12.8 Å². The maximum Gasteiger partial charge on any atom is -0.0191 e. The van der Waals surface area contributed by atoms with Crippen molar-refractivity contribution in [3.63, 3.8) is 0 Å². The van der Waals surface area contributed by atoms with Crippen molar-refractivity contribution in [1.82, 2.24) is 0 Å². The van der Waals surface area contributed by atoms with Crippen molar-refractivity contribution in [2.45, 2.75) is 12.8 Å². The molecule has 0 amide bonds. The predicted octanol–water partition coefficient (Wildman–Crippen LogP) is 1.41. The van der Waals surface area contributed by atoms with E-state index in [0.717, 1.165) is 0 Å². The Kier molecular flexibility index (Phi) is 1.08. The monoisotopic (exact) mass is 116 g/mol. The van der Waals surface area contributed by atoms with Crippen molar-refractivity contribution < 1.29 is 0 Å². The average molecular weight is 116 g/mol. The van der Waals surface area contributed by atoms with Crippen molar-refractivity contribution in [1.29, 1.82) is 0 Å². The van der Waals surface area contributed by atoms with Gasteiger partial charge in [0.1, 0.15) is 0 Å². The average Bonchev–Trinajstić information content (AvgIpc) is 1.61. The summed E-state index contributed by atoms with van der Waals surface area (Å²) in [6, 6.07) is 0. The molecule has 32 valence electrons. The molecule has 0 radical (unpaired) electrons.